The lowest BCUT2D eigenvalue weighted by Crippen LogP contribution is -2.14. The molecule has 0 radical (unpaired) electrons. The van der Waals surface area contributed by atoms with Gasteiger partial charge in [-0.05, 0) is 24.1 Å². The number of rotatable bonds is 6. The second-order valence-electron chi connectivity index (χ2n) is 6.02. The van der Waals surface area contributed by atoms with E-state index in [1.807, 2.05) is 55.5 Å². The number of primary sulfonamides is 1. The molecule has 0 bridgehead atoms. The molecule has 1 atom stereocenters. The number of nitrogens with zero attached hydrogens (tertiary/aromatic N) is 1. The molecule has 0 saturated carbocycles. The molecule has 5 nitrogen and oxygen atoms in total. The highest BCUT2D eigenvalue weighted by Crippen LogP contribution is 2.28. The van der Waals surface area contributed by atoms with Gasteiger partial charge in [-0.3, -0.25) is 0 Å². The summed E-state index contributed by atoms with van der Waals surface area (Å²) in [4.78, 5) is 4.56. The number of hydrogen-bond donors (Lipinski definition) is 2. The van der Waals surface area contributed by atoms with Gasteiger partial charge in [0.1, 0.15) is 10.8 Å². The summed E-state index contributed by atoms with van der Waals surface area (Å²) in [6.07, 6.45) is 4.62. The number of aryl methyl sites for hydroxylation is 1. The van der Waals surface area contributed by atoms with E-state index >= 15 is 0 Å². The van der Waals surface area contributed by atoms with Gasteiger partial charge in [0.25, 0.3) is 0 Å². The third-order valence-electron chi connectivity index (χ3n) is 4.10. The Bertz CT molecular complexity index is 1090. The van der Waals surface area contributed by atoms with Crippen LogP contribution >= 0.6 is 40.7 Å². The fraction of sp³-hybridized carbons (Fsp3) is 0.150. The zero-order chi connectivity index (χ0) is 19.4. The minimum atomic E-state index is -3.83. The Kier molecular flexibility index (Phi) is 9.58. The monoisotopic (exact) mass is 517 g/mol. The van der Waals surface area contributed by atoms with Crippen molar-refractivity contribution in [3.8, 4) is 0 Å². The Labute approximate surface area is 191 Å². The molecule has 0 fully saturated rings. The molecule has 0 saturated heterocycles. The molecule has 0 amide bonds. The van der Waals surface area contributed by atoms with Gasteiger partial charge in [-0.1, -0.05) is 77.5 Å². The van der Waals surface area contributed by atoms with Crippen molar-refractivity contribution in [1.29, 1.82) is 0 Å². The molecule has 0 aliphatic carbocycles. The minimum Gasteiger partial charge on any atom is -0.354 e. The second kappa shape index (κ2) is 10.9. The van der Waals surface area contributed by atoms with E-state index < -0.39 is 10.0 Å². The molecular weight excluding hydrogens is 497 g/mol. The van der Waals surface area contributed by atoms with Gasteiger partial charge in [0.2, 0.25) is 10.0 Å². The number of benzene rings is 2. The van der Waals surface area contributed by atoms with E-state index in [0.717, 1.165) is 16.6 Å². The molecule has 1 unspecified atom stereocenters. The minimum absolute atomic E-state index is 0. The third kappa shape index (κ3) is 6.42. The zero-order valence-corrected chi connectivity index (χ0v) is 19.6. The lowest BCUT2D eigenvalue weighted by Gasteiger charge is -2.14. The predicted molar refractivity (Wildman–Crippen MR) is 129 cm³/mol. The lowest BCUT2D eigenvalue weighted by molar-refractivity contribution is 0.598. The number of pyridine rings is 1. The average Bonchev–Trinajstić information content (AvgIpc) is 2.65. The number of anilines is 1. The summed E-state index contributed by atoms with van der Waals surface area (Å²) in [5, 5.41) is 9.99. The SMILES string of the molecule is CCc1nc(NC(Br)C=Cc2ccccc2)cc2c(S(N)(=O)=O)cccc12.Cl.Cl. The van der Waals surface area contributed by atoms with Crippen LogP contribution in [0.1, 0.15) is 18.2 Å². The smallest absolute Gasteiger partial charge is 0.238 e. The summed E-state index contributed by atoms with van der Waals surface area (Å²) >= 11 is 3.56. The Morgan fingerprint density at radius 1 is 1.10 bits per heavy atom. The Morgan fingerprint density at radius 2 is 1.79 bits per heavy atom. The van der Waals surface area contributed by atoms with E-state index in [9.17, 15) is 8.42 Å². The summed E-state index contributed by atoms with van der Waals surface area (Å²) in [6, 6.07) is 16.7. The molecule has 2 aromatic carbocycles. The van der Waals surface area contributed by atoms with Crippen molar-refractivity contribution in [2.45, 2.75) is 23.2 Å². The lowest BCUT2D eigenvalue weighted by atomic mass is 10.1. The summed E-state index contributed by atoms with van der Waals surface area (Å²) in [5.41, 5.74) is 1.90. The number of sulfonamides is 1. The van der Waals surface area contributed by atoms with Crippen LogP contribution in [0.5, 0.6) is 0 Å². The van der Waals surface area contributed by atoms with Gasteiger partial charge in [0.15, 0.2) is 0 Å². The maximum atomic E-state index is 12.0. The summed E-state index contributed by atoms with van der Waals surface area (Å²) in [6.45, 7) is 1.98. The van der Waals surface area contributed by atoms with Gasteiger partial charge >= 0.3 is 0 Å². The maximum absolute atomic E-state index is 12.0. The van der Waals surface area contributed by atoms with Gasteiger partial charge in [0, 0.05) is 10.8 Å². The summed E-state index contributed by atoms with van der Waals surface area (Å²) < 4.78 is 23.9. The van der Waals surface area contributed by atoms with Crippen LogP contribution in [0, 0.1) is 0 Å². The molecule has 9 heteroatoms. The molecule has 3 aromatic rings. The Hall–Kier alpha value is -1.64. The Balaban J connectivity index is 0.00000210. The second-order valence-corrected chi connectivity index (χ2v) is 8.54. The van der Waals surface area contributed by atoms with Crippen molar-refractivity contribution < 1.29 is 8.42 Å². The number of fused-ring (bicyclic) bond motifs is 1. The highest BCUT2D eigenvalue weighted by atomic mass is 79.9. The highest BCUT2D eigenvalue weighted by Gasteiger charge is 2.16. The van der Waals surface area contributed by atoms with Crippen molar-refractivity contribution in [2.24, 2.45) is 5.14 Å². The van der Waals surface area contributed by atoms with Crippen LogP contribution in [0.2, 0.25) is 0 Å². The molecular formula is C20H22BrCl2N3O2S. The van der Waals surface area contributed by atoms with Gasteiger partial charge in [-0.2, -0.15) is 0 Å². The fourth-order valence-electron chi connectivity index (χ4n) is 2.86. The number of halogens is 3. The number of alkyl halides is 1. The van der Waals surface area contributed by atoms with Crippen molar-refractivity contribution in [1.82, 2.24) is 4.98 Å². The molecule has 29 heavy (non-hydrogen) atoms. The van der Waals surface area contributed by atoms with E-state index in [2.05, 4.69) is 26.2 Å². The first-order chi connectivity index (χ1) is 12.9. The zero-order valence-electron chi connectivity index (χ0n) is 15.6. The van der Waals surface area contributed by atoms with Crippen LogP contribution in [-0.2, 0) is 16.4 Å². The number of nitrogens with two attached hydrogens (primary N) is 1. The third-order valence-corrected chi connectivity index (χ3v) is 5.60. The number of nitrogens with one attached hydrogen (secondary N) is 1. The molecule has 1 aromatic heterocycles. The van der Waals surface area contributed by atoms with Crippen molar-refractivity contribution >= 4 is 73.4 Å². The van der Waals surface area contributed by atoms with Crippen molar-refractivity contribution in [2.75, 3.05) is 5.32 Å². The predicted octanol–water partition coefficient (Wildman–Crippen LogP) is 5.13. The molecule has 3 rings (SSSR count). The molecule has 3 N–H and O–H groups in total. The van der Waals surface area contributed by atoms with Gasteiger partial charge in [0.05, 0.1) is 10.6 Å². The first kappa shape index (κ1) is 25.4. The molecule has 0 spiro atoms. The normalized spacial score (nSPS) is 12.2. The summed E-state index contributed by atoms with van der Waals surface area (Å²) in [5.74, 6) is 0.579. The number of aromatic nitrogens is 1. The highest BCUT2D eigenvalue weighted by molar-refractivity contribution is 9.09. The Morgan fingerprint density at radius 3 is 2.41 bits per heavy atom. The first-order valence-electron chi connectivity index (χ1n) is 8.48. The van der Waals surface area contributed by atoms with E-state index in [1.165, 1.54) is 6.07 Å². The van der Waals surface area contributed by atoms with E-state index in [0.29, 0.717) is 17.6 Å². The molecule has 0 aliphatic heterocycles. The van der Waals surface area contributed by atoms with Gasteiger partial charge in [-0.15, -0.1) is 24.8 Å². The van der Waals surface area contributed by atoms with Crippen LogP contribution in [-0.4, -0.2) is 18.4 Å². The summed E-state index contributed by atoms with van der Waals surface area (Å²) in [7, 11) is -3.83. The van der Waals surface area contributed by atoms with Crippen LogP contribution < -0.4 is 10.5 Å². The fourth-order valence-corrected chi connectivity index (χ4v) is 3.99. The molecule has 0 aliphatic rings. The van der Waals surface area contributed by atoms with E-state index in [4.69, 9.17) is 5.14 Å². The van der Waals surface area contributed by atoms with Crippen LogP contribution in [0.3, 0.4) is 0 Å². The van der Waals surface area contributed by atoms with Crippen molar-refractivity contribution in [3.05, 3.63) is 71.9 Å². The number of hydrogen-bond acceptors (Lipinski definition) is 4. The van der Waals surface area contributed by atoms with Gasteiger partial charge < -0.3 is 5.32 Å². The molecule has 1 heterocycles. The maximum Gasteiger partial charge on any atom is 0.238 e. The van der Waals surface area contributed by atoms with Crippen molar-refractivity contribution in [3.63, 3.8) is 0 Å². The topological polar surface area (TPSA) is 85.1 Å². The van der Waals surface area contributed by atoms with E-state index in [-0.39, 0.29) is 34.7 Å². The first-order valence-corrected chi connectivity index (χ1v) is 10.9. The standard InChI is InChI=1S/C20H20BrN3O2S.2ClH/c1-2-17-15-9-6-10-18(27(22,25)26)16(15)13-20(23-17)24-19(21)12-11-14-7-4-3-5-8-14;;/h3-13,19H,2H2,1H3,(H,23,24)(H2,22,25,26);2*1H. The van der Waals surface area contributed by atoms with Crippen LogP contribution in [0.15, 0.2) is 65.6 Å². The van der Waals surface area contributed by atoms with Crippen LogP contribution in [0.4, 0.5) is 5.82 Å². The van der Waals surface area contributed by atoms with Gasteiger partial charge in [-0.25, -0.2) is 18.5 Å². The quantitative estimate of drug-likeness (QED) is 0.349. The largest absolute Gasteiger partial charge is 0.354 e. The van der Waals surface area contributed by atoms with Crippen LogP contribution in [0.25, 0.3) is 16.8 Å². The van der Waals surface area contributed by atoms with E-state index in [1.54, 1.807) is 12.1 Å². The average molecular weight is 519 g/mol. The molecule has 156 valence electrons.